The molecule has 2 aromatic rings. The molecule has 2 aromatic carbocycles. The van der Waals surface area contributed by atoms with Gasteiger partial charge in [0, 0.05) is 51.4 Å². The number of carbonyl (C=O) groups is 1. The van der Waals surface area contributed by atoms with Gasteiger partial charge in [0.1, 0.15) is 11.9 Å². The first-order valence-corrected chi connectivity index (χ1v) is 12.3. The van der Waals surface area contributed by atoms with Crippen LogP contribution >= 0.6 is 0 Å². The highest BCUT2D eigenvalue weighted by Crippen LogP contribution is 2.26. The number of nitrogens with zero attached hydrogens (tertiary/aromatic N) is 3. The third kappa shape index (κ3) is 5.24. The van der Waals surface area contributed by atoms with E-state index < -0.39 is 6.10 Å². The first kappa shape index (κ1) is 22.4. The predicted octanol–water partition coefficient (Wildman–Crippen LogP) is 2.58. The summed E-state index contributed by atoms with van der Waals surface area (Å²) in [4.78, 5) is 19.5. The Kier molecular flexibility index (Phi) is 6.67. The predicted molar refractivity (Wildman–Crippen MR) is 129 cm³/mol. The minimum absolute atomic E-state index is 0.0186. The van der Waals surface area contributed by atoms with Crippen molar-refractivity contribution in [1.29, 1.82) is 0 Å². The average Bonchev–Trinajstić information content (AvgIpc) is 2.82. The molecule has 0 aromatic heterocycles. The van der Waals surface area contributed by atoms with Gasteiger partial charge in [-0.2, -0.15) is 0 Å². The highest BCUT2D eigenvalue weighted by atomic mass is 16.5. The number of aliphatic hydroxyl groups is 1. The monoisotopic (exact) mass is 449 g/mol. The Labute approximate surface area is 196 Å². The molecule has 5 rings (SSSR count). The SMILES string of the molecule is CN1CCC(Oc2ccc3c(c2)CCN(C[C@H](O)CN2CCc4ccccc4C2)C3=O)CC1. The lowest BCUT2D eigenvalue weighted by atomic mass is 9.98. The molecule has 3 aliphatic rings. The number of piperidine rings is 1. The second kappa shape index (κ2) is 9.84. The van der Waals surface area contributed by atoms with Crippen molar-refractivity contribution >= 4 is 5.91 Å². The van der Waals surface area contributed by atoms with Crippen LogP contribution < -0.4 is 4.74 Å². The molecule has 0 unspecified atom stereocenters. The van der Waals surface area contributed by atoms with Crippen molar-refractivity contribution in [2.45, 2.75) is 44.4 Å². The lowest BCUT2D eigenvalue weighted by Crippen LogP contribution is -2.46. The first-order chi connectivity index (χ1) is 16.0. The number of ether oxygens (including phenoxy) is 1. The molecule has 1 N–H and O–H groups in total. The van der Waals surface area contributed by atoms with Crippen LogP contribution in [0.25, 0.3) is 0 Å². The maximum Gasteiger partial charge on any atom is 0.254 e. The van der Waals surface area contributed by atoms with E-state index in [2.05, 4.69) is 41.1 Å². The highest BCUT2D eigenvalue weighted by molar-refractivity contribution is 5.97. The normalized spacial score (nSPS) is 20.9. The van der Waals surface area contributed by atoms with E-state index in [9.17, 15) is 9.90 Å². The fourth-order valence-corrected chi connectivity index (χ4v) is 5.38. The van der Waals surface area contributed by atoms with Crippen molar-refractivity contribution in [2.75, 3.05) is 46.3 Å². The Morgan fingerprint density at radius 1 is 0.970 bits per heavy atom. The number of amides is 1. The fourth-order valence-electron chi connectivity index (χ4n) is 5.38. The Balaban J connectivity index is 1.15. The van der Waals surface area contributed by atoms with Crippen LogP contribution in [0.4, 0.5) is 0 Å². The molecule has 1 saturated heterocycles. The van der Waals surface area contributed by atoms with Gasteiger partial charge in [0.2, 0.25) is 0 Å². The zero-order chi connectivity index (χ0) is 22.8. The van der Waals surface area contributed by atoms with Crippen molar-refractivity contribution in [3.63, 3.8) is 0 Å². The van der Waals surface area contributed by atoms with Crippen molar-refractivity contribution in [3.05, 3.63) is 64.7 Å². The summed E-state index contributed by atoms with van der Waals surface area (Å²) in [7, 11) is 2.15. The summed E-state index contributed by atoms with van der Waals surface area (Å²) in [6.07, 6.45) is 3.61. The van der Waals surface area contributed by atoms with Crippen LogP contribution in [0.5, 0.6) is 5.75 Å². The van der Waals surface area contributed by atoms with E-state index in [4.69, 9.17) is 4.74 Å². The maximum absolute atomic E-state index is 13.1. The number of likely N-dealkylation sites (tertiary alicyclic amines) is 1. The van der Waals surface area contributed by atoms with E-state index in [0.29, 0.717) is 19.6 Å². The number of benzene rings is 2. The van der Waals surface area contributed by atoms with E-state index in [1.807, 2.05) is 23.1 Å². The molecule has 0 aliphatic carbocycles. The molecule has 0 radical (unpaired) electrons. The van der Waals surface area contributed by atoms with Gasteiger partial charge in [-0.15, -0.1) is 0 Å². The van der Waals surface area contributed by atoms with Gasteiger partial charge in [0.05, 0.1) is 6.10 Å². The topological polar surface area (TPSA) is 56.2 Å². The van der Waals surface area contributed by atoms with Gasteiger partial charge < -0.3 is 19.6 Å². The molecular formula is C27H35N3O3. The number of hydrogen-bond donors (Lipinski definition) is 1. The van der Waals surface area contributed by atoms with E-state index in [0.717, 1.165) is 68.7 Å². The molecule has 3 heterocycles. The van der Waals surface area contributed by atoms with Gasteiger partial charge >= 0.3 is 0 Å². The lowest BCUT2D eigenvalue weighted by molar-refractivity contribution is 0.0492. The van der Waals surface area contributed by atoms with E-state index >= 15 is 0 Å². The van der Waals surface area contributed by atoms with Gasteiger partial charge in [-0.3, -0.25) is 9.69 Å². The van der Waals surface area contributed by atoms with Crippen LogP contribution in [0.3, 0.4) is 0 Å². The van der Waals surface area contributed by atoms with Crippen molar-refractivity contribution < 1.29 is 14.6 Å². The number of hydrogen-bond acceptors (Lipinski definition) is 5. The highest BCUT2D eigenvalue weighted by Gasteiger charge is 2.28. The Morgan fingerprint density at radius 2 is 1.73 bits per heavy atom. The molecule has 6 nitrogen and oxygen atoms in total. The molecule has 33 heavy (non-hydrogen) atoms. The van der Waals surface area contributed by atoms with Crippen molar-refractivity contribution in [1.82, 2.24) is 14.7 Å². The zero-order valence-corrected chi connectivity index (χ0v) is 19.6. The van der Waals surface area contributed by atoms with Gasteiger partial charge in [0.25, 0.3) is 5.91 Å². The zero-order valence-electron chi connectivity index (χ0n) is 19.6. The number of aliphatic hydroxyl groups excluding tert-OH is 1. The van der Waals surface area contributed by atoms with Crippen molar-refractivity contribution in [2.24, 2.45) is 0 Å². The third-order valence-electron chi connectivity index (χ3n) is 7.32. The van der Waals surface area contributed by atoms with Crippen LogP contribution in [0.15, 0.2) is 42.5 Å². The quantitative estimate of drug-likeness (QED) is 0.735. The summed E-state index contributed by atoms with van der Waals surface area (Å²) in [5, 5.41) is 10.8. The van der Waals surface area contributed by atoms with Gasteiger partial charge in [-0.05, 0) is 67.6 Å². The van der Waals surface area contributed by atoms with E-state index in [1.54, 1.807) is 0 Å². The van der Waals surface area contributed by atoms with E-state index in [-0.39, 0.29) is 12.0 Å². The molecule has 0 spiro atoms. The summed E-state index contributed by atoms with van der Waals surface area (Å²) < 4.78 is 6.21. The minimum atomic E-state index is -0.548. The summed E-state index contributed by atoms with van der Waals surface area (Å²) in [5.74, 6) is 0.889. The standard InChI is InChI=1S/C27H35N3O3/c1-28-12-10-24(11-13-28)33-25-6-7-26-21(16-25)9-15-30(27(26)32)19-23(31)18-29-14-8-20-4-2-3-5-22(20)17-29/h2-7,16,23-24,31H,8-15,17-19H2,1H3/t23-/m1/s1. The number of carbonyl (C=O) groups excluding carboxylic acids is 1. The molecular weight excluding hydrogens is 414 g/mol. The summed E-state index contributed by atoms with van der Waals surface area (Å²) >= 11 is 0. The lowest BCUT2D eigenvalue weighted by Gasteiger charge is -2.34. The third-order valence-corrected chi connectivity index (χ3v) is 7.32. The Morgan fingerprint density at radius 3 is 2.55 bits per heavy atom. The Hall–Kier alpha value is -2.41. The van der Waals surface area contributed by atoms with Gasteiger partial charge in [0.15, 0.2) is 0 Å². The first-order valence-electron chi connectivity index (χ1n) is 12.3. The van der Waals surface area contributed by atoms with E-state index in [1.165, 1.54) is 11.1 Å². The van der Waals surface area contributed by atoms with Crippen LogP contribution in [-0.2, 0) is 19.4 Å². The van der Waals surface area contributed by atoms with Crippen molar-refractivity contribution in [3.8, 4) is 5.75 Å². The average molecular weight is 450 g/mol. The molecule has 176 valence electrons. The molecule has 1 amide bonds. The largest absolute Gasteiger partial charge is 0.490 e. The molecule has 1 fully saturated rings. The Bertz CT molecular complexity index is 986. The second-order valence-corrected chi connectivity index (χ2v) is 9.85. The van der Waals surface area contributed by atoms with Crippen LogP contribution in [0, 0.1) is 0 Å². The smallest absolute Gasteiger partial charge is 0.254 e. The number of β-amino-alcohol motifs (C(OH)–C–C–N with tert-alkyl or cyclic N) is 1. The molecule has 1 atom stereocenters. The number of fused-ring (bicyclic) bond motifs is 2. The van der Waals surface area contributed by atoms with Crippen LogP contribution in [-0.4, -0.2) is 84.2 Å². The minimum Gasteiger partial charge on any atom is -0.490 e. The molecule has 0 bridgehead atoms. The van der Waals surface area contributed by atoms with Crippen LogP contribution in [0.2, 0.25) is 0 Å². The maximum atomic E-state index is 13.1. The summed E-state index contributed by atoms with van der Waals surface area (Å²) in [6, 6.07) is 14.4. The second-order valence-electron chi connectivity index (χ2n) is 9.85. The number of rotatable bonds is 6. The molecule has 0 saturated carbocycles. The fraction of sp³-hybridized carbons (Fsp3) is 0.519. The van der Waals surface area contributed by atoms with Crippen LogP contribution in [0.1, 0.15) is 39.9 Å². The van der Waals surface area contributed by atoms with Gasteiger partial charge in [-0.1, -0.05) is 24.3 Å². The van der Waals surface area contributed by atoms with Gasteiger partial charge in [-0.25, -0.2) is 0 Å². The summed E-state index contributed by atoms with van der Waals surface area (Å²) in [5.41, 5.74) is 4.56. The molecule has 3 aliphatic heterocycles. The molecule has 6 heteroatoms. The summed E-state index contributed by atoms with van der Waals surface area (Å²) in [6.45, 7) is 5.56.